The summed E-state index contributed by atoms with van der Waals surface area (Å²) in [5.74, 6) is 1.99. The van der Waals surface area contributed by atoms with E-state index in [2.05, 4.69) is 59.6 Å². The summed E-state index contributed by atoms with van der Waals surface area (Å²) < 4.78 is 46.0. The van der Waals surface area contributed by atoms with Crippen molar-refractivity contribution in [2.24, 2.45) is 0 Å². The summed E-state index contributed by atoms with van der Waals surface area (Å²) in [6, 6.07) is 7.86. The highest BCUT2D eigenvalue weighted by molar-refractivity contribution is 7.89. The molecule has 0 bridgehead atoms. The predicted octanol–water partition coefficient (Wildman–Crippen LogP) is 39.3. The molecule has 0 fully saturated rings. The first-order valence-electron chi connectivity index (χ1n) is 14.0. The van der Waals surface area contributed by atoms with Crippen LogP contribution in [0.3, 0.4) is 0 Å². The van der Waals surface area contributed by atoms with Gasteiger partial charge in [0.2, 0.25) is 10.0 Å². The van der Waals surface area contributed by atoms with E-state index in [9.17, 15) is 8.42 Å². The van der Waals surface area contributed by atoms with Crippen molar-refractivity contribution in [2.45, 2.75) is 91.2 Å². The van der Waals surface area contributed by atoms with E-state index in [-0.39, 0.29) is 214 Å². The largest absolute Gasteiger partial charge is 0.492 e. The molecule has 0 saturated carbocycles. The lowest BCUT2D eigenvalue weighted by Gasteiger charge is -2.45. The number of rotatable bonds is 14. The van der Waals surface area contributed by atoms with Crippen LogP contribution in [-0.4, -0.2) is 70.2 Å². The fraction of sp³-hybridized carbons (Fsp3) is 0.613. The van der Waals surface area contributed by atoms with Gasteiger partial charge in [0, 0.05) is 217 Å². The van der Waals surface area contributed by atoms with Crippen molar-refractivity contribution >= 4 is 10.0 Å². The second-order valence-corrected chi connectivity index (χ2v) is 12.9. The summed E-state index contributed by atoms with van der Waals surface area (Å²) in [5, 5.41) is 0. The molecule has 0 saturated heterocycles. The molecule has 2 rings (SSSR count). The molecule has 0 heterocycles. The fourth-order valence-corrected chi connectivity index (χ4v) is 6.43. The van der Waals surface area contributed by atoms with Crippen LogP contribution in [0, 0.1) is 20.8 Å². The Balaban J connectivity index is -0.000000000911. The maximum absolute atomic E-state index is 13.3. The number of ether oxygens (including phenoxy) is 3. The minimum atomic E-state index is -3.70. The van der Waals surface area contributed by atoms with Crippen molar-refractivity contribution in [3.63, 3.8) is 0 Å². The number of nitrogens with zero attached hydrogens (tertiary/aromatic N) is 2. The normalized spacial score (nSPS) is 15.2. The summed E-state index contributed by atoms with van der Waals surface area (Å²) in [4.78, 5) is 2.58. The zero-order valence-corrected chi connectivity index (χ0v) is 27.0. The van der Waals surface area contributed by atoms with Crippen molar-refractivity contribution in [3.05, 3.63) is 46.5 Å². The van der Waals surface area contributed by atoms with E-state index < -0.39 is 10.0 Å². The number of aryl methyl sites for hydroxylation is 1. The summed E-state index contributed by atoms with van der Waals surface area (Å²) in [7, 11) is 1.53. The SMILES string of the molecule is CCOc1ccc(C)c(C)c1OC(C)CN(C)[C@](C)(CC)C(C)c1ccc(OCC)c(S(=O)(=O)N(C)C)c1C.[HH].[HH].[HH].[HH].[HH].[HH].[HH].[HH].[HH].[HH].[HH].[HH].[HH].[HH].[HH].[HH].[HH].[HH].[HH].[HH].[HH].[HH].[HH].[HH].[HH].[HH].[HH].[HH].[HH].[HH].[HH].[HH].[HH].[HH].[HH].[HH].[HH].[HH].[HH].[HH].[HH].[HH].[HH].[HH].[HH].[HH].[HH].[HH].[HH].[HH].[HH].[HH].[HH].[HH].[HH].[HH].[HH].[HH].[HH].[HH].[HH].[HH].[HH].[HH].[HH].[HH].[HH].[HH].[HH].[HH].[HH].[HH].[HH].[HH].[HH].[HH].[HH].[HH].[HH].[HH].[HH].[HH].[HH].[HH].[HH].[HH].[HH].[HH].[HH].[HH].[HH].[HH].[HH].[HH].[HH].[HH].[HH].[HH].[HH].[HH].[HH].[HH].[HH].[HH].[HH].[HH].[HH].[HH].[HH].[HH].[HH].[HH].[HH].[HH].[HH].[HH].[HH].[HH].[HH].[HH].[HH].[HH].[HH].[HH].[HH].[HH].[HH].[HH].[HH].[HH].[HH].[HH].[HH].[HH]. The van der Waals surface area contributed by atoms with E-state index in [4.69, 9.17) is 14.2 Å². The Kier molecular flexibility index (Phi) is 11.3. The molecule has 7 nitrogen and oxygen atoms in total. The van der Waals surface area contributed by atoms with Crippen molar-refractivity contribution in [2.75, 3.05) is 40.9 Å². The third-order valence-corrected chi connectivity index (χ3v) is 10.2. The molecule has 39 heavy (non-hydrogen) atoms. The zero-order valence-electron chi connectivity index (χ0n) is 26.1. The third kappa shape index (κ3) is 6.90. The Morgan fingerprint density at radius 1 is 0.897 bits per heavy atom. The molecule has 0 aliphatic rings. The van der Waals surface area contributed by atoms with E-state index in [1.807, 2.05) is 32.9 Å². The van der Waals surface area contributed by atoms with Gasteiger partial charge in [-0.2, -0.15) is 0 Å². The quantitative estimate of drug-likeness (QED) is 0.189. The maximum Gasteiger partial charge on any atom is 0.246 e. The average molecular weight is 833 g/mol. The van der Waals surface area contributed by atoms with E-state index >= 15 is 0 Å². The Hall–Kier alpha value is -2.29. The lowest BCUT2D eigenvalue weighted by atomic mass is 9.77. The molecule has 0 radical (unpaired) electrons. The van der Waals surface area contributed by atoms with Crippen LogP contribution in [0.25, 0.3) is 0 Å². The maximum atomic E-state index is 13.3. The van der Waals surface area contributed by atoms with Gasteiger partial charge in [0.25, 0.3) is 0 Å². The molecule has 0 N–H and O–H groups in total. The van der Waals surface area contributed by atoms with Crippen molar-refractivity contribution < 1.29 is 214 Å². The highest BCUT2D eigenvalue weighted by atomic mass is 32.2. The first-order valence-corrected chi connectivity index (χ1v) is 15.4. The van der Waals surface area contributed by atoms with Gasteiger partial charge >= 0.3 is 0 Å². The highest BCUT2D eigenvalue weighted by Gasteiger charge is 2.38. The first-order chi connectivity index (χ1) is 18.2. The molecule has 0 amide bonds. The van der Waals surface area contributed by atoms with Gasteiger partial charge in [-0.3, -0.25) is 4.90 Å². The van der Waals surface area contributed by atoms with Gasteiger partial charge in [-0.15, -0.1) is 0 Å². The van der Waals surface area contributed by atoms with Crippen LogP contribution in [0.15, 0.2) is 29.2 Å². The Morgan fingerprint density at radius 3 is 2.00 bits per heavy atom. The summed E-state index contributed by atoms with van der Waals surface area (Å²) in [6.45, 7) is 20.2. The van der Waals surface area contributed by atoms with Gasteiger partial charge in [0.1, 0.15) is 16.7 Å². The summed E-state index contributed by atoms with van der Waals surface area (Å²) >= 11 is 0. The van der Waals surface area contributed by atoms with Gasteiger partial charge in [-0.05, 0) is 102 Å². The summed E-state index contributed by atoms with van der Waals surface area (Å²) in [5.41, 5.74) is 3.71. The van der Waals surface area contributed by atoms with Gasteiger partial charge in [-0.1, -0.05) is 26.0 Å². The molecule has 0 spiro atoms. The van der Waals surface area contributed by atoms with Crippen molar-refractivity contribution in [3.8, 4) is 17.2 Å². The van der Waals surface area contributed by atoms with Crippen LogP contribution in [0.5, 0.6) is 17.2 Å². The third-order valence-electron chi connectivity index (χ3n) is 8.23. The van der Waals surface area contributed by atoms with Crippen molar-refractivity contribution in [1.29, 1.82) is 0 Å². The van der Waals surface area contributed by atoms with Gasteiger partial charge in [-0.25, -0.2) is 12.7 Å². The fourth-order valence-electron chi connectivity index (χ4n) is 5.18. The Labute approximate surface area is 436 Å². The Morgan fingerprint density at radius 2 is 1.46 bits per heavy atom. The molecule has 2 unspecified atom stereocenters. The van der Waals surface area contributed by atoms with Gasteiger partial charge in [0.05, 0.1) is 13.2 Å². The lowest BCUT2D eigenvalue weighted by Crippen LogP contribution is -2.50. The minimum Gasteiger partial charge on any atom is -0.492 e. The molecular formula is C31H318N2O5S. The number of sulfonamides is 1. The van der Waals surface area contributed by atoms with Crippen LogP contribution in [0.1, 0.15) is 267 Å². The van der Waals surface area contributed by atoms with E-state index in [0.717, 1.165) is 40.2 Å². The van der Waals surface area contributed by atoms with Gasteiger partial charge in [0.15, 0.2) is 11.5 Å². The van der Waals surface area contributed by atoms with E-state index in [1.165, 1.54) is 4.31 Å². The molecule has 0 aromatic heterocycles. The van der Waals surface area contributed by atoms with Crippen LogP contribution >= 0.6 is 0 Å². The van der Waals surface area contributed by atoms with Crippen LogP contribution < -0.4 is 14.2 Å². The zero-order chi connectivity index (χ0) is 29.7. The second kappa shape index (κ2) is 13.4. The molecule has 3 atom stereocenters. The number of benzene rings is 2. The Bertz CT molecular complexity index is 1360. The second-order valence-electron chi connectivity index (χ2n) is 10.8. The summed E-state index contributed by atoms with van der Waals surface area (Å²) in [6.07, 6.45) is 0.770. The monoisotopic (exact) mass is 832 g/mol. The molecule has 0 aliphatic heterocycles. The highest BCUT2D eigenvalue weighted by Crippen LogP contribution is 2.41. The van der Waals surface area contributed by atoms with Crippen LogP contribution in [0.4, 0.5) is 0 Å². The van der Waals surface area contributed by atoms with Crippen LogP contribution in [0.2, 0.25) is 0 Å². The number of hydrogen-bond acceptors (Lipinski definition) is 6. The van der Waals surface area contributed by atoms with Crippen LogP contribution in [-0.2, 0) is 10.0 Å². The van der Waals surface area contributed by atoms with Gasteiger partial charge < -0.3 is 14.2 Å². The molecule has 0 aliphatic carbocycles. The standard InChI is InChI=1S/C31H50N2O5S.134H2/c1-13-31(9,33(12)20-22(5)38-29-23(6)21(4)16-18-27(29)36-14-2)25(8)26-17-19-28(37-15-3)30(24(26)7)39(34,35)32(10)11;;;;;;;;;;;;;;;;;;;;;;;;;;;;;;;;;;;;;;;;;;;;;;;;;;;;;;;;;;;;;;;;;;;;;;;;;;;;;;;;;;;;;;;;;;;;;;;;;;;;;;;;;;;;;;;;;;;;;;;;;;;;;;;;;;;;;;/h16-19,22,25H,13-15,20H2,1-12H3;134*1H/t22?,25?,31-;;;;;;;;;;;;;;;;;;;;;;;;;;;;;;;;;;;;;;;;;;;;;;;;;;;;;;;;;;;;;;;;;;;;;;;;;;;;;;;;;;;;;;;;;;;;;;;;;;;;;;;;;;;;;;;;;;;;;;;;;;;;;;;;;;;;;;/m1....................................................................................................................................../s1. The number of likely N-dealkylation sites (N-methyl/N-ethyl adjacent to an activating group) is 1. The minimum absolute atomic E-state index is 0. The molecule has 8 heteroatoms. The van der Waals surface area contributed by atoms with E-state index in [1.54, 1.807) is 20.2 Å². The van der Waals surface area contributed by atoms with E-state index in [0.29, 0.717) is 25.5 Å². The molecular weight excluding hydrogens is 512 g/mol. The molecule has 2 aromatic rings. The topological polar surface area (TPSA) is 68.3 Å². The first kappa shape index (κ1) is 32.9. The smallest absolute Gasteiger partial charge is 0.246 e. The molecule has 488 valence electrons. The average Bonchev–Trinajstić information content (AvgIpc) is 2.87. The van der Waals surface area contributed by atoms with Crippen molar-refractivity contribution in [1.82, 2.24) is 9.21 Å². The molecule has 2 aromatic carbocycles. The predicted molar refractivity (Wildman–Crippen MR) is 443 cm³/mol. The number of hydrogen-bond donors (Lipinski definition) is 0. The lowest BCUT2D eigenvalue weighted by molar-refractivity contribution is 0.0610.